The molecule has 1 fully saturated rings. The molecule has 2 rings (SSSR count). The molecule has 1 atom stereocenters. The lowest BCUT2D eigenvalue weighted by atomic mass is 10.1. The van der Waals surface area contributed by atoms with Crippen molar-refractivity contribution < 1.29 is 0 Å². The topological polar surface area (TPSA) is 18.5 Å². The van der Waals surface area contributed by atoms with Crippen molar-refractivity contribution in [3.05, 3.63) is 28.7 Å². The van der Waals surface area contributed by atoms with Crippen LogP contribution in [0.25, 0.3) is 0 Å². The summed E-state index contributed by atoms with van der Waals surface area (Å²) in [6.45, 7) is 4.58. The van der Waals surface area contributed by atoms with Crippen molar-refractivity contribution in [3.8, 4) is 0 Å². The van der Waals surface area contributed by atoms with Crippen molar-refractivity contribution in [2.45, 2.75) is 18.9 Å². The molecule has 1 unspecified atom stereocenters. The van der Waals surface area contributed by atoms with Crippen molar-refractivity contribution in [3.63, 3.8) is 0 Å². The van der Waals surface area contributed by atoms with Crippen LogP contribution in [0.3, 0.4) is 0 Å². The van der Waals surface area contributed by atoms with Gasteiger partial charge in [-0.2, -0.15) is 0 Å². The second-order valence-corrected chi connectivity index (χ2v) is 6.25. The Morgan fingerprint density at radius 1 is 1.26 bits per heavy atom. The normalized spacial score (nSPS) is 21.4. The van der Waals surface area contributed by atoms with Gasteiger partial charge in [-0.05, 0) is 64.3 Å². The maximum atomic E-state index is 3.51. The minimum absolute atomic E-state index is 0.598. The Morgan fingerprint density at radius 3 is 2.68 bits per heavy atom. The van der Waals surface area contributed by atoms with Gasteiger partial charge in [0.25, 0.3) is 0 Å². The summed E-state index contributed by atoms with van der Waals surface area (Å²) < 4.78 is 1.15. The highest BCUT2D eigenvalue weighted by molar-refractivity contribution is 9.10. The first kappa shape index (κ1) is 14.8. The van der Waals surface area contributed by atoms with Crippen LogP contribution in [0.4, 0.5) is 5.69 Å². The average Bonchev–Trinajstić information content (AvgIpc) is 2.59. The molecule has 1 N–H and O–H groups in total. The van der Waals surface area contributed by atoms with Gasteiger partial charge in [-0.3, -0.25) is 0 Å². The summed E-state index contributed by atoms with van der Waals surface area (Å²) in [6, 6.07) is 9.32. The maximum absolute atomic E-state index is 3.51. The molecule has 1 aliphatic heterocycles. The third kappa shape index (κ3) is 4.20. The van der Waals surface area contributed by atoms with Crippen LogP contribution >= 0.6 is 15.9 Å². The minimum Gasteiger partial charge on any atom is -0.367 e. The predicted molar refractivity (Wildman–Crippen MR) is 85.9 cm³/mol. The first-order valence-electron chi connectivity index (χ1n) is 7.06. The van der Waals surface area contributed by atoms with Gasteiger partial charge in [0.15, 0.2) is 0 Å². The number of anilines is 1. The lowest BCUT2D eigenvalue weighted by molar-refractivity contribution is 0.324. The van der Waals surface area contributed by atoms with Gasteiger partial charge in [0.2, 0.25) is 0 Å². The van der Waals surface area contributed by atoms with E-state index < -0.39 is 0 Å². The highest BCUT2D eigenvalue weighted by Gasteiger charge is 2.23. The summed E-state index contributed by atoms with van der Waals surface area (Å²) in [5.74, 6) is 0. The number of rotatable bonds is 4. The summed E-state index contributed by atoms with van der Waals surface area (Å²) in [5, 5.41) is 3.28. The van der Waals surface area contributed by atoms with Crippen LogP contribution in [0.1, 0.15) is 12.8 Å². The molecule has 1 heterocycles. The van der Waals surface area contributed by atoms with Crippen LogP contribution in [0.15, 0.2) is 28.7 Å². The molecule has 0 amide bonds. The van der Waals surface area contributed by atoms with Crippen molar-refractivity contribution >= 4 is 21.6 Å². The van der Waals surface area contributed by atoms with Crippen LogP contribution in [0.2, 0.25) is 0 Å². The summed E-state index contributed by atoms with van der Waals surface area (Å²) in [6.07, 6.45) is 2.43. The molecule has 0 radical (unpaired) electrons. The van der Waals surface area contributed by atoms with Gasteiger partial charge in [0, 0.05) is 29.3 Å². The Bertz CT molecular complexity index is 379. The Morgan fingerprint density at radius 2 is 2.00 bits per heavy atom. The molecule has 19 heavy (non-hydrogen) atoms. The fourth-order valence-corrected chi connectivity index (χ4v) is 3.04. The van der Waals surface area contributed by atoms with Crippen LogP contribution in [0.5, 0.6) is 0 Å². The fourth-order valence-electron chi connectivity index (χ4n) is 2.77. The van der Waals surface area contributed by atoms with Gasteiger partial charge < -0.3 is 15.1 Å². The van der Waals surface area contributed by atoms with E-state index in [9.17, 15) is 0 Å². The molecule has 0 aromatic heterocycles. The first-order valence-corrected chi connectivity index (χ1v) is 7.85. The van der Waals surface area contributed by atoms with Crippen molar-refractivity contribution in [2.75, 3.05) is 45.2 Å². The highest BCUT2D eigenvalue weighted by atomic mass is 79.9. The third-order valence-electron chi connectivity index (χ3n) is 3.79. The molecule has 0 aliphatic carbocycles. The van der Waals surface area contributed by atoms with Crippen molar-refractivity contribution in [2.24, 2.45) is 0 Å². The van der Waals surface area contributed by atoms with E-state index in [2.05, 4.69) is 62.4 Å². The van der Waals surface area contributed by atoms with E-state index >= 15 is 0 Å². The molecular weight excluding hydrogens is 302 g/mol. The molecule has 106 valence electrons. The van der Waals surface area contributed by atoms with Gasteiger partial charge in [-0.25, -0.2) is 0 Å². The van der Waals surface area contributed by atoms with E-state index in [1.54, 1.807) is 0 Å². The van der Waals surface area contributed by atoms with Gasteiger partial charge >= 0.3 is 0 Å². The van der Waals surface area contributed by atoms with E-state index in [-0.39, 0.29) is 0 Å². The smallest absolute Gasteiger partial charge is 0.0429 e. The minimum atomic E-state index is 0.598. The summed E-state index contributed by atoms with van der Waals surface area (Å²) in [5.41, 5.74) is 1.35. The Balaban J connectivity index is 2.14. The number of hydrogen-bond donors (Lipinski definition) is 1. The molecule has 1 saturated heterocycles. The largest absolute Gasteiger partial charge is 0.367 e. The molecule has 1 aromatic carbocycles. The third-order valence-corrected chi connectivity index (χ3v) is 4.32. The van der Waals surface area contributed by atoms with Gasteiger partial charge in [0.05, 0.1) is 0 Å². The monoisotopic (exact) mass is 325 g/mol. The van der Waals surface area contributed by atoms with Gasteiger partial charge in [0.1, 0.15) is 0 Å². The molecular formula is C15H24BrN3. The lowest BCUT2D eigenvalue weighted by Crippen LogP contribution is -2.41. The summed E-state index contributed by atoms with van der Waals surface area (Å²) in [4.78, 5) is 5.03. The SMILES string of the molecule is CNCCC1CN(C)CCCN1c1ccc(Br)cc1. The Kier molecular flexibility index (Phi) is 5.67. The van der Waals surface area contributed by atoms with Crippen molar-refractivity contribution in [1.29, 1.82) is 0 Å². The zero-order valence-corrected chi connectivity index (χ0v) is 13.5. The first-order chi connectivity index (χ1) is 9.20. The fraction of sp³-hybridized carbons (Fsp3) is 0.600. The van der Waals surface area contributed by atoms with E-state index in [0.717, 1.165) is 24.1 Å². The molecule has 1 aliphatic rings. The number of halogens is 1. The maximum Gasteiger partial charge on any atom is 0.0429 e. The van der Waals surface area contributed by atoms with E-state index in [4.69, 9.17) is 0 Å². The number of hydrogen-bond acceptors (Lipinski definition) is 3. The standard InChI is InChI=1S/C15H24BrN3/c1-17-9-8-15-12-18(2)10-3-11-19(15)14-6-4-13(16)5-7-14/h4-7,15,17H,3,8-12H2,1-2H3. The quantitative estimate of drug-likeness (QED) is 0.917. The number of nitrogens with one attached hydrogen (secondary N) is 1. The number of likely N-dealkylation sites (N-methyl/N-ethyl adjacent to an activating group) is 1. The molecule has 1 aromatic rings. The second-order valence-electron chi connectivity index (χ2n) is 5.33. The zero-order valence-electron chi connectivity index (χ0n) is 11.9. The highest BCUT2D eigenvalue weighted by Crippen LogP contribution is 2.23. The van der Waals surface area contributed by atoms with Crippen LogP contribution in [0, 0.1) is 0 Å². The number of benzene rings is 1. The zero-order chi connectivity index (χ0) is 13.7. The van der Waals surface area contributed by atoms with Gasteiger partial charge in [-0.1, -0.05) is 15.9 Å². The molecule has 0 saturated carbocycles. The van der Waals surface area contributed by atoms with E-state index in [1.807, 2.05) is 7.05 Å². The van der Waals surface area contributed by atoms with E-state index in [1.165, 1.54) is 25.1 Å². The predicted octanol–water partition coefficient (Wildman–Crippen LogP) is 2.57. The van der Waals surface area contributed by atoms with Crippen LogP contribution in [-0.4, -0.2) is 51.2 Å². The van der Waals surface area contributed by atoms with Crippen LogP contribution in [-0.2, 0) is 0 Å². The van der Waals surface area contributed by atoms with E-state index in [0.29, 0.717) is 6.04 Å². The molecule has 0 spiro atoms. The Hall–Kier alpha value is -0.580. The molecule has 3 nitrogen and oxygen atoms in total. The summed E-state index contributed by atoms with van der Waals surface area (Å²) in [7, 11) is 4.27. The lowest BCUT2D eigenvalue weighted by Gasteiger charge is -2.33. The average molecular weight is 326 g/mol. The van der Waals surface area contributed by atoms with Crippen molar-refractivity contribution in [1.82, 2.24) is 10.2 Å². The van der Waals surface area contributed by atoms with Crippen LogP contribution < -0.4 is 10.2 Å². The summed E-state index contributed by atoms with van der Waals surface area (Å²) >= 11 is 3.51. The Labute approximate surface area is 125 Å². The molecule has 0 bridgehead atoms. The number of nitrogens with zero attached hydrogens (tertiary/aromatic N) is 2. The second kappa shape index (κ2) is 7.27. The molecule has 4 heteroatoms. The van der Waals surface area contributed by atoms with Gasteiger partial charge in [-0.15, -0.1) is 0 Å².